The summed E-state index contributed by atoms with van der Waals surface area (Å²) in [6.45, 7) is 0.694. The molecule has 0 radical (unpaired) electrons. The summed E-state index contributed by atoms with van der Waals surface area (Å²) in [5.74, 6) is -1.07. The van der Waals surface area contributed by atoms with Crippen LogP contribution in [-0.2, 0) is 0 Å². The fourth-order valence-corrected chi connectivity index (χ4v) is 2.25. The number of aliphatic hydroxyl groups excluding tert-OH is 1. The second-order valence-electron chi connectivity index (χ2n) is 3.94. The monoisotopic (exact) mass is 277 g/mol. The lowest BCUT2D eigenvalue weighted by Gasteiger charge is -2.16. The zero-order chi connectivity index (χ0) is 12.6. The highest BCUT2D eigenvalue weighted by atomic mass is 35.5. The van der Waals surface area contributed by atoms with Gasteiger partial charge in [-0.25, -0.2) is 4.39 Å². The maximum Gasteiger partial charge on any atom is 0.255 e. The van der Waals surface area contributed by atoms with Crippen LogP contribution in [-0.4, -0.2) is 35.1 Å². The lowest BCUT2D eigenvalue weighted by atomic mass is 10.2. The van der Waals surface area contributed by atoms with E-state index in [0.29, 0.717) is 13.0 Å². The molecule has 1 heterocycles. The van der Waals surface area contributed by atoms with Crippen molar-refractivity contribution in [3.05, 3.63) is 33.6 Å². The van der Waals surface area contributed by atoms with Crippen LogP contribution in [0.1, 0.15) is 16.8 Å². The van der Waals surface area contributed by atoms with E-state index >= 15 is 0 Å². The number of carbonyl (C=O) groups is 1. The summed E-state index contributed by atoms with van der Waals surface area (Å²) in [4.78, 5) is 13.4. The van der Waals surface area contributed by atoms with Crippen LogP contribution in [0.25, 0.3) is 0 Å². The number of amides is 1. The Morgan fingerprint density at radius 3 is 2.71 bits per heavy atom. The summed E-state index contributed by atoms with van der Waals surface area (Å²) < 4.78 is 13.3. The van der Waals surface area contributed by atoms with Gasteiger partial charge in [-0.05, 0) is 18.6 Å². The van der Waals surface area contributed by atoms with Gasteiger partial charge >= 0.3 is 0 Å². The molecule has 1 aromatic carbocycles. The van der Waals surface area contributed by atoms with E-state index < -0.39 is 11.9 Å². The van der Waals surface area contributed by atoms with Gasteiger partial charge in [0.15, 0.2) is 0 Å². The predicted octanol–water partition coefficient (Wildman–Crippen LogP) is 2.34. The molecule has 1 unspecified atom stereocenters. The van der Waals surface area contributed by atoms with E-state index in [1.807, 2.05) is 0 Å². The Balaban J connectivity index is 2.28. The van der Waals surface area contributed by atoms with Crippen molar-refractivity contribution in [3.63, 3.8) is 0 Å². The van der Waals surface area contributed by atoms with Crippen molar-refractivity contribution in [1.82, 2.24) is 4.90 Å². The third-order valence-electron chi connectivity index (χ3n) is 2.69. The summed E-state index contributed by atoms with van der Waals surface area (Å²) in [5, 5.41) is 9.34. The van der Waals surface area contributed by atoms with Gasteiger partial charge in [0, 0.05) is 13.1 Å². The smallest absolute Gasteiger partial charge is 0.255 e. The Morgan fingerprint density at radius 2 is 2.12 bits per heavy atom. The molecule has 1 aliphatic rings. The van der Waals surface area contributed by atoms with E-state index in [2.05, 4.69) is 0 Å². The highest BCUT2D eigenvalue weighted by Gasteiger charge is 2.27. The van der Waals surface area contributed by atoms with Crippen molar-refractivity contribution in [2.75, 3.05) is 13.1 Å². The second-order valence-corrected chi connectivity index (χ2v) is 4.75. The normalized spacial score (nSPS) is 19.8. The fourth-order valence-electron chi connectivity index (χ4n) is 1.78. The van der Waals surface area contributed by atoms with Crippen LogP contribution >= 0.6 is 23.2 Å². The van der Waals surface area contributed by atoms with Crippen molar-refractivity contribution < 1.29 is 14.3 Å². The Hall–Kier alpha value is -0.840. The Morgan fingerprint density at radius 1 is 1.41 bits per heavy atom. The van der Waals surface area contributed by atoms with Crippen LogP contribution in [0.3, 0.4) is 0 Å². The molecule has 0 aliphatic carbocycles. The number of β-amino-alcohol motifs (C(OH)–C–C–N with tert-alkyl or cyclic N) is 1. The molecular weight excluding hydrogens is 268 g/mol. The highest BCUT2D eigenvalue weighted by molar-refractivity contribution is 6.36. The first-order valence-electron chi connectivity index (χ1n) is 5.11. The second kappa shape index (κ2) is 4.80. The lowest BCUT2D eigenvalue weighted by molar-refractivity contribution is 0.0764. The van der Waals surface area contributed by atoms with Crippen LogP contribution < -0.4 is 0 Å². The molecule has 1 aromatic rings. The molecule has 1 atom stereocenters. The maximum atomic E-state index is 13.3. The fraction of sp³-hybridized carbons (Fsp3) is 0.364. The molecular formula is C11H10Cl2FNO2. The largest absolute Gasteiger partial charge is 0.391 e. The van der Waals surface area contributed by atoms with E-state index in [-0.39, 0.29) is 28.1 Å². The van der Waals surface area contributed by atoms with Crippen LogP contribution in [0.15, 0.2) is 12.1 Å². The Bertz CT molecular complexity index is 467. The molecule has 1 fully saturated rings. The van der Waals surface area contributed by atoms with Crippen LogP contribution in [0.5, 0.6) is 0 Å². The minimum atomic E-state index is -0.681. The number of rotatable bonds is 1. The van der Waals surface area contributed by atoms with Gasteiger partial charge in [0.25, 0.3) is 5.91 Å². The number of halogens is 3. The average molecular weight is 278 g/mol. The Labute approximate surface area is 108 Å². The summed E-state index contributed by atoms with van der Waals surface area (Å²) in [6.07, 6.45) is 0.00858. The van der Waals surface area contributed by atoms with Crippen LogP contribution in [0, 0.1) is 5.82 Å². The molecule has 1 saturated heterocycles. The predicted molar refractivity (Wildman–Crippen MR) is 62.9 cm³/mol. The number of nitrogens with zero attached hydrogens (tertiary/aromatic N) is 1. The summed E-state index contributed by atoms with van der Waals surface area (Å²) in [5.41, 5.74) is 0.0719. The molecule has 0 bridgehead atoms. The maximum absolute atomic E-state index is 13.3. The van der Waals surface area contributed by atoms with Gasteiger partial charge in [0.2, 0.25) is 0 Å². The SMILES string of the molecule is O=C(c1cc(F)c(Cl)cc1Cl)N1CCC(O)C1. The van der Waals surface area contributed by atoms with Crippen molar-refractivity contribution in [2.45, 2.75) is 12.5 Å². The molecule has 1 aliphatic heterocycles. The highest BCUT2D eigenvalue weighted by Crippen LogP contribution is 2.26. The van der Waals surface area contributed by atoms with Gasteiger partial charge in [-0.1, -0.05) is 23.2 Å². The third-order valence-corrected chi connectivity index (χ3v) is 3.29. The number of likely N-dealkylation sites (tertiary alicyclic amines) is 1. The van der Waals surface area contributed by atoms with E-state index in [1.54, 1.807) is 0 Å². The van der Waals surface area contributed by atoms with E-state index in [9.17, 15) is 14.3 Å². The number of aliphatic hydroxyl groups is 1. The van der Waals surface area contributed by atoms with Gasteiger partial charge in [-0.2, -0.15) is 0 Å². The first kappa shape index (κ1) is 12.6. The zero-order valence-corrected chi connectivity index (χ0v) is 10.3. The molecule has 0 spiro atoms. The lowest BCUT2D eigenvalue weighted by Crippen LogP contribution is -2.29. The number of carbonyl (C=O) groups excluding carboxylic acids is 1. The molecule has 3 nitrogen and oxygen atoms in total. The number of benzene rings is 1. The molecule has 6 heteroatoms. The molecule has 1 amide bonds. The summed E-state index contributed by atoms with van der Waals surface area (Å²) in [7, 11) is 0. The van der Waals surface area contributed by atoms with Gasteiger partial charge in [0.05, 0.1) is 21.7 Å². The first-order chi connectivity index (χ1) is 7.99. The van der Waals surface area contributed by atoms with Gasteiger partial charge in [-0.3, -0.25) is 4.79 Å². The van der Waals surface area contributed by atoms with Crippen molar-refractivity contribution in [3.8, 4) is 0 Å². The Kier molecular flexibility index (Phi) is 3.56. The minimum Gasteiger partial charge on any atom is -0.391 e. The van der Waals surface area contributed by atoms with Gasteiger partial charge in [-0.15, -0.1) is 0 Å². The molecule has 17 heavy (non-hydrogen) atoms. The van der Waals surface area contributed by atoms with Crippen molar-refractivity contribution >= 4 is 29.1 Å². The number of hydrogen-bond acceptors (Lipinski definition) is 2. The van der Waals surface area contributed by atoms with Crippen molar-refractivity contribution in [1.29, 1.82) is 0 Å². The quantitative estimate of drug-likeness (QED) is 0.801. The molecule has 92 valence electrons. The third kappa shape index (κ3) is 2.54. The zero-order valence-electron chi connectivity index (χ0n) is 8.79. The number of hydrogen-bond donors (Lipinski definition) is 1. The minimum absolute atomic E-state index is 0.0719. The molecule has 0 aromatic heterocycles. The van der Waals surface area contributed by atoms with E-state index in [0.717, 1.165) is 6.07 Å². The first-order valence-corrected chi connectivity index (χ1v) is 5.86. The topological polar surface area (TPSA) is 40.5 Å². The molecule has 0 saturated carbocycles. The van der Waals surface area contributed by atoms with Gasteiger partial charge in [0.1, 0.15) is 5.82 Å². The van der Waals surface area contributed by atoms with E-state index in [4.69, 9.17) is 23.2 Å². The van der Waals surface area contributed by atoms with Crippen LogP contribution in [0.4, 0.5) is 4.39 Å². The molecule has 1 N–H and O–H groups in total. The summed E-state index contributed by atoms with van der Waals surface area (Å²) in [6, 6.07) is 2.23. The summed E-state index contributed by atoms with van der Waals surface area (Å²) >= 11 is 11.4. The standard InChI is InChI=1S/C11H10Cl2FNO2/c12-8-4-9(13)10(14)3-7(8)11(17)15-2-1-6(16)5-15/h3-4,6,16H,1-2,5H2. The van der Waals surface area contributed by atoms with Crippen LogP contribution in [0.2, 0.25) is 10.0 Å². The van der Waals surface area contributed by atoms with Gasteiger partial charge < -0.3 is 10.0 Å². The van der Waals surface area contributed by atoms with E-state index in [1.165, 1.54) is 11.0 Å². The molecule has 2 rings (SSSR count). The van der Waals surface area contributed by atoms with Crippen molar-refractivity contribution in [2.24, 2.45) is 0 Å². The average Bonchev–Trinajstić information content (AvgIpc) is 2.69.